The fraction of sp³-hybridized carbons (Fsp3) is 0.300. The summed E-state index contributed by atoms with van der Waals surface area (Å²) in [5.74, 6) is -2.03. The number of hydrogen-bond acceptors (Lipinski definition) is 3. The molecule has 0 unspecified atom stereocenters. The molecule has 2 bridgehead atoms. The van der Waals surface area contributed by atoms with Crippen LogP contribution in [-0.4, -0.2) is 28.7 Å². The maximum absolute atomic E-state index is 14.1. The van der Waals surface area contributed by atoms with E-state index in [2.05, 4.69) is 45.5 Å². The molecule has 1 heterocycles. The van der Waals surface area contributed by atoms with E-state index in [1.54, 1.807) is 12.1 Å². The van der Waals surface area contributed by atoms with E-state index in [4.69, 9.17) is 0 Å². The summed E-state index contributed by atoms with van der Waals surface area (Å²) in [6.07, 6.45) is 2.07. The van der Waals surface area contributed by atoms with E-state index >= 15 is 0 Å². The van der Waals surface area contributed by atoms with Gasteiger partial charge in [0.2, 0.25) is 17.7 Å². The molecule has 36 heavy (non-hydrogen) atoms. The molecule has 3 aromatic carbocycles. The Morgan fingerprint density at radius 1 is 0.833 bits per heavy atom. The topological polar surface area (TPSA) is 66.5 Å². The van der Waals surface area contributed by atoms with E-state index < -0.39 is 17.9 Å². The molecule has 1 fully saturated rings. The van der Waals surface area contributed by atoms with Crippen LogP contribution < -0.4 is 5.32 Å². The lowest BCUT2D eigenvalue weighted by molar-refractivity contribution is -0.147. The minimum atomic E-state index is -0.829. The van der Waals surface area contributed by atoms with Gasteiger partial charge in [0.05, 0.1) is 11.8 Å². The molecule has 6 heteroatoms. The molecule has 7 rings (SSSR count). The van der Waals surface area contributed by atoms with E-state index in [-0.39, 0.29) is 29.6 Å². The van der Waals surface area contributed by atoms with Gasteiger partial charge in [-0.25, -0.2) is 0 Å². The number of rotatable bonds is 6. The van der Waals surface area contributed by atoms with Crippen LogP contribution in [0.4, 0.5) is 5.69 Å². The summed E-state index contributed by atoms with van der Waals surface area (Å²) >= 11 is 3.41. The number of anilines is 1. The van der Waals surface area contributed by atoms with Crippen LogP contribution in [0.15, 0.2) is 77.3 Å². The van der Waals surface area contributed by atoms with Crippen molar-refractivity contribution in [2.75, 3.05) is 5.32 Å². The van der Waals surface area contributed by atoms with Crippen LogP contribution in [0.1, 0.15) is 60.3 Å². The maximum atomic E-state index is 14.1. The van der Waals surface area contributed by atoms with Crippen molar-refractivity contribution in [3.8, 4) is 0 Å². The highest BCUT2D eigenvalue weighted by Crippen LogP contribution is 2.61. The highest BCUT2D eigenvalue weighted by Gasteiger charge is 2.62. The fourth-order valence-electron chi connectivity index (χ4n) is 6.54. The second-order valence-electron chi connectivity index (χ2n) is 9.97. The van der Waals surface area contributed by atoms with Gasteiger partial charge < -0.3 is 5.32 Å². The number of amides is 3. The first-order valence-corrected chi connectivity index (χ1v) is 13.4. The summed E-state index contributed by atoms with van der Waals surface area (Å²) in [5, 5.41) is 2.94. The van der Waals surface area contributed by atoms with Gasteiger partial charge in [0.15, 0.2) is 0 Å². The maximum Gasteiger partial charge on any atom is 0.247 e. The minimum Gasteiger partial charge on any atom is -0.324 e. The molecule has 182 valence electrons. The first kappa shape index (κ1) is 23.2. The van der Waals surface area contributed by atoms with Gasteiger partial charge in [-0.1, -0.05) is 84.2 Å². The predicted molar refractivity (Wildman–Crippen MR) is 141 cm³/mol. The van der Waals surface area contributed by atoms with Gasteiger partial charge in [-0.2, -0.15) is 0 Å². The molecule has 1 N–H and O–H groups in total. The third-order valence-corrected chi connectivity index (χ3v) is 8.57. The first-order valence-electron chi connectivity index (χ1n) is 12.6. The van der Waals surface area contributed by atoms with Crippen LogP contribution in [0.3, 0.4) is 0 Å². The molecule has 5 nitrogen and oxygen atoms in total. The van der Waals surface area contributed by atoms with Crippen LogP contribution in [0, 0.1) is 11.8 Å². The van der Waals surface area contributed by atoms with Crippen LogP contribution in [-0.2, 0) is 14.4 Å². The summed E-state index contributed by atoms with van der Waals surface area (Å²) in [5.41, 5.74) is 5.18. The van der Waals surface area contributed by atoms with Gasteiger partial charge in [0.25, 0.3) is 0 Å². The summed E-state index contributed by atoms with van der Waals surface area (Å²) < 4.78 is 0.909. The van der Waals surface area contributed by atoms with E-state index in [1.165, 1.54) is 4.90 Å². The standard InChI is InChI=1S/C30H27BrN2O3/c1-2-3-12-23(28(34)32-18-15-13-17(31)14-16-18)33-29(35)26-24-19-8-4-5-9-20(19)25(27(26)30(33)36)22-11-7-6-10-21(22)24/h4-11,13-16,23-27H,2-3,12H2,1H3,(H,32,34)/t23-,24?,25?,26-,27+/m0/s1. The number of likely N-dealkylation sites (tertiary alicyclic amines) is 1. The zero-order valence-electron chi connectivity index (χ0n) is 20.0. The molecule has 0 radical (unpaired) electrons. The monoisotopic (exact) mass is 542 g/mol. The van der Waals surface area contributed by atoms with Gasteiger partial charge in [-0.15, -0.1) is 0 Å². The van der Waals surface area contributed by atoms with Crippen LogP contribution in [0.2, 0.25) is 0 Å². The quantitative estimate of drug-likeness (QED) is 0.398. The van der Waals surface area contributed by atoms with Crippen molar-refractivity contribution < 1.29 is 14.4 Å². The van der Waals surface area contributed by atoms with Crippen molar-refractivity contribution >= 4 is 39.3 Å². The van der Waals surface area contributed by atoms with Crippen molar-refractivity contribution in [1.82, 2.24) is 4.90 Å². The molecular weight excluding hydrogens is 516 g/mol. The van der Waals surface area contributed by atoms with Gasteiger partial charge in [0.1, 0.15) is 6.04 Å². The van der Waals surface area contributed by atoms with Gasteiger partial charge in [-0.05, 0) is 52.9 Å². The molecule has 0 aromatic heterocycles. The molecule has 0 saturated carbocycles. The molecule has 0 spiro atoms. The van der Waals surface area contributed by atoms with E-state index in [0.717, 1.165) is 39.6 Å². The number of imide groups is 1. The van der Waals surface area contributed by atoms with E-state index in [0.29, 0.717) is 12.1 Å². The van der Waals surface area contributed by atoms with Crippen LogP contribution >= 0.6 is 15.9 Å². The van der Waals surface area contributed by atoms with Crippen LogP contribution in [0.25, 0.3) is 0 Å². The molecule has 3 aliphatic carbocycles. The summed E-state index contributed by atoms with van der Waals surface area (Å²) in [4.78, 5) is 43.0. The number of nitrogens with zero attached hydrogens (tertiary/aromatic N) is 1. The summed E-state index contributed by atoms with van der Waals surface area (Å²) in [7, 11) is 0. The van der Waals surface area contributed by atoms with E-state index in [1.807, 2.05) is 43.3 Å². The van der Waals surface area contributed by atoms with E-state index in [9.17, 15) is 14.4 Å². The SMILES string of the molecule is CCCC[C@@H](C(=O)Nc1ccc(Br)cc1)N1C(=O)[C@@H]2C3c4ccccc4C(c4ccccc43)[C@@H]2C1=O. The number of unbranched alkanes of at least 4 members (excludes halogenated alkanes) is 1. The Morgan fingerprint density at radius 3 is 1.75 bits per heavy atom. The Hall–Kier alpha value is -3.25. The number of benzene rings is 3. The molecular formula is C30H27BrN2O3. The summed E-state index contributed by atoms with van der Waals surface area (Å²) in [6.45, 7) is 2.05. The second kappa shape index (κ2) is 9.00. The smallest absolute Gasteiger partial charge is 0.247 e. The first-order chi connectivity index (χ1) is 17.5. The Bertz CT molecular complexity index is 1250. The average Bonchev–Trinajstić information content (AvgIpc) is 3.16. The molecule has 4 aliphatic rings. The molecule has 1 saturated heterocycles. The van der Waals surface area contributed by atoms with Crippen molar-refractivity contribution in [2.24, 2.45) is 11.8 Å². The number of halogens is 1. The molecule has 1 aliphatic heterocycles. The zero-order valence-corrected chi connectivity index (χ0v) is 21.6. The molecule has 3 aromatic rings. The lowest BCUT2D eigenvalue weighted by Crippen LogP contribution is -2.48. The minimum absolute atomic E-state index is 0.171. The Kier molecular flexibility index (Phi) is 5.79. The Morgan fingerprint density at radius 2 is 1.31 bits per heavy atom. The number of hydrogen-bond donors (Lipinski definition) is 1. The fourth-order valence-corrected chi connectivity index (χ4v) is 6.81. The Labute approximate surface area is 219 Å². The van der Waals surface area contributed by atoms with Crippen molar-refractivity contribution in [2.45, 2.75) is 44.1 Å². The normalized spacial score (nSPS) is 24.2. The third-order valence-electron chi connectivity index (χ3n) is 8.04. The number of carbonyl (C=O) groups excluding carboxylic acids is 3. The largest absolute Gasteiger partial charge is 0.324 e. The Balaban J connectivity index is 1.39. The highest BCUT2D eigenvalue weighted by atomic mass is 79.9. The molecule has 3 amide bonds. The second-order valence-corrected chi connectivity index (χ2v) is 10.9. The predicted octanol–water partition coefficient (Wildman–Crippen LogP) is 5.84. The van der Waals surface area contributed by atoms with Crippen molar-refractivity contribution in [1.29, 1.82) is 0 Å². The summed E-state index contributed by atoms with van der Waals surface area (Å²) in [6, 6.07) is 22.9. The van der Waals surface area contributed by atoms with Crippen LogP contribution in [0.5, 0.6) is 0 Å². The number of carbonyl (C=O) groups is 3. The lowest BCUT2D eigenvalue weighted by Gasteiger charge is -2.45. The lowest BCUT2D eigenvalue weighted by atomic mass is 9.55. The highest BCUT2D eigenvalue weighted by molar-refractivity contribution is 9.10. The zero-order chi connectivity index (χ0) is 25.0. The van der Waals surface area contributed by atoms with Crippen molar-refractivity contribution in [3.05, 3.63) is 99.5 Å². The number of nitrogens with one attached hydrogen (secondary N) is 1. The van der Waals surface area contributed by atoms with Gasteiger partial charge >= 0.3 is 0 Å². The van der Waals surface area contributed by atoms with Crippen molar-refractivity contribution in [3.63, 3.8) is 0 Å². The van der Waals surface area contributed by atoms with Gasteiger partial charge in [-0.3, -0.25) is 19.3 Å². The molecule has 3 atom stereocenters. The third kappa shape index (κ3) is 3.46. The average molecular weight is 543 g/mol. The van der Waals surface area contributed by atoms with Gasteiger partial charge in [0, 0.05) is 22.0 Å².